The molecule has 1 N–H and O–H groups in total. The van der Waals surface area contributed by atoms with Crippen LogP contribution >= 0.6 is 34.8 Å². The predicted molar refractivity (Wildman–Crippen MR) is 401 cm³/mol. The number of aromatic nitrogens is 6. The van der Waals surface area contributed by atoms with E-state index < -0.39 is 76.7 Å². The molecule has 33 heteroatoms. The SMILES string of the molecule is CC(=O)c1cc(-c2cc(C(F)(F)F)nn2-c2ccccc2Cl)ccc1-c1cccc(S(C)(=O)=O)c1.CC(C)(O)c1cc(-c2cc(C(F)(F)F)nn2-c2ccccc2Cl)ccc1-c1cccc(S(C)(=O)=O)c1.COC(=O)c1cc(-c2cc(C(F)(F)F)nn2-c2ccccc2Cl)ccc1-c1cccc(S(C)(=O)=O)c1.[CH3-].[Cl-].[Mg+2]. The van der Waals surface area contributed by atoms with Crippen LogP contribution in [0.25, 0.3) is 84.2 Å². The van der Waals surface area contributed by atoms with Gasteiger partial charge in [0.1, 0.15) is 0 Å². The van der Waals surface area contributed by atoms with Crippen LogP contribution in [0.5, 0.6) is 0 Å². The van der Waals surface area contributed by atoms with E-state index in [1.807, 2.05) is 0 Å². The molecule has 0 bridgehead atoms. The Morgan fingerprint density at radius 2 is 0.700 bits per heavy atom. The number of hydrogen-bond acceptors (Lipinski definition) is 13. The predicted octanol–water partition coefficient (Wildman–Crippen LogP) is 16.1. The molecular weight excluding hydrogens is 1600 g/mol. The van der Waals surface area contributed by atoms with Gasteiger partial charge in [0, 0.05) is 41.0 Å². The third-order valence-corrected chi connectivity index (χ3v) is 20.6. The fourth-order valence-electron chi connectivity index (χ4n) is 11.2. The van der Waals surface area contributed by atoms with Crippen LogP contribution in [0, 0.1) is 7.43 Å². The Hall–Kier alpha value is -9.14. The zero-order chi connectivity index (χ0) is 78.3. The van der Waals surface area contributed by atoms with E-state index in [1.165, 1.54) is 105 Å². The molecular formula is C77H61Cl4F9MgN6O10S3. The van der Waals surface area contributed by atoms with Gasteiger partial charge in [-0.05, 0) is 169 Å². The van der Waals surface area contributed by atoms with Crippen molar-refractivity contribution in [1.82, 2.24) is 29.3 Å². The molecule has 0 aliphatic heterocycles. The van der Waals surface area contributed by atoms with Crippen LogP contribution in [0.15, 0.2) is 233 Å². The van der Waals surface area contributed by atoms with Gasteiger partial charge < -0.3 is 29.7 Å². The summed E-state index contributed by atoms with van der Waals surface area (Å²) in [5.41, 5.74) is 0.546. The third-order valence-electron chi connectivity index (χ3n) is 16.4. The number of esters is 1. The van der Waals surface area contributed by atoms with Crippen LogP contribution < -0.4 is 12.4 Å². The number of carbonyl (C=O) groups is 2. The second-order valence-corrected chi connectivity index (χ2v) is 31.9. The number of alkyl halides is 9. The number of hydrogen-bond donors (Lipinski definition) is 1. The normalized spacial score (nSPS) is 11.9. The van der Waals surface area contributed by atoms with Gasteiger partial charge in [0.15, 0.2) is 52.4 Å². The molecule has 0 amide bonds. The van der Waals surface area contributed by atoms with E-state index in [0.717, 1.165) is 51.0 Å². The van der Waals surface area contributed by atoms with Crippen molar-refractivity contribution in [3.8, 4) is 84.2 Å². The summed E-state index contributed by atoms with van der Waals surface area (Å²) in [6, 6.07) is 53.9. The van der Waals surface area contributed by atoms with Gasteiger partial charge in [-0.3, -0.25) is 4.79 Å². The van der Waals surface area contributed by atoms with E-state index in [2.05, 4.69) is 15.3 Å². The zero-order valence-corrected chi connectivity index (χ0v) is 65.8. The first-order valence-corrected chi connectivity index (χ1v) is 38.2. The average Bonchev–Trinajstić information content (AvgIpc) is 1.57. The number of ketones is 1. The smallest absolute Gasteiger partial charge is 1.00 e. The number of methoxy groups -OCH3 is 1. The Balaban J connectivity index is 0.000000226. The standard InChI is InChI=1S/C26H22ClF3N2O3S.C25H18ClF3N2O4S.C25H18ClF3N2O3S.CH3.ClH.Mg/c1-25(2,33)20-14-17(11-12-19(20)16-7-6-8-18(13-16)36(3,34)35)23-15-24(26(28,29)30)31-32(23)22-10-5-4-9-21(22)27;1-35-24(32)19-13-16(10-11-18(19)15-6-5-7-17(12-15)36(2,33)34)22-14-23(25(27,28)29)30-31(22)21-9-4-3-8-20(21)26;1-15(32)20-13-17(10-11-19(20)16-6-5-7-18(12-16)35(2,33)34)23-14-24(25(27,28)29)30-31(23)22-9-4-3-8-21(22)26;;;/h4-15,33H,1-3H3;3-14H,1-2H3;3-14H,1-2H3;1H3;1H;/q;;;-1;;+2/p-1. The van der Waals surface area contributed by atoms with Crippen molar-refractivity contribution >= 4 is 99.1 Å². The molecule has 3 heterocycles. The molecule has 0 aliphatic rings. The summed E-state index contributed by atoms with van der Waals surface area (Å²) in [6.07, 6.45) is -10.9. The van der Waals surface area contributed by atoms with Crippen molar-refractivity contribution in [1.29, 1.82) is 0 Å². The first-order chi connectivity index (χ1) is 49.9. The van der Waals surface area contributed by atoms with Crippen molar-refractivity contribution in [2.24, 2.45) is 0 Å². The van der Waals surface area contributed by atoms with Crippen LogP contribution in [0.1, 0.15) is 64.1 Å². The zero-order valence-electron chi connectivity index (χ0n) is 58.9. The summed E-state index contributed by atoms with van der Waals surface area (Å²) in [5, 5.41) is 22.8. The number of aliphatic hydroxyl groups is 1. The molecule has 0 aliphatic carbocycles. The minimum atomic E-state index is -4.72. The number of sulfone groups is 3. The number of Topliss-reactive ketones (excluding diaryl/α,β-unsaturated/α-hetero) is 1. The van der Waals surface area contributed by atoms with Crippen molar-refractivity contribution in [3.63, 3.8) is 0 Å². The second-order valence-electron chi connectivity index (χ2n) is 24.6. The Bertz CT molecular complexity index is 5830. The van der Waals surface area contributed by atoms with Gasteiger partial charge >= 0.3 is 47.6 Å². The molecule has 0 unspecified atom stereocenters. The summed E-state index contributed by atoms with van der Waals surface area (Å²) in [7, 11) is -9.32. The summed E-state index contributed by atoms with van der Waals surface area (Å²) >= 11 is 18.7. The van der Waals surface area contributed by atoms with Crippen molar-refractivity contribution < 1.29 is 96.6 Å². The topological polar surface area (TPSA) is 219 Å². The molecule has 0 saturated heterocycles. The summed E-state index contributed by atoms with van der Waals surface area (Å²) in [6.45, 7) is 4.42. The molecule has 0 atom stereocenters. The molecule has 0 radical (unpaired) electrons. The summed E-state index contributed by atoms with van der Waals surface area (Å²) < 4.78 is 202. The quantitative estimate of drug-likeness (QED) is 0.0332. The fraction of sp³-hybridized carbons (Fsp3) is 0.143. The molecule has 110 heavy (non-hydrogen) atoms. The van der Waals surface area contributed by atoms with E-state index in [9.17, 15) is 79.5 Å². The van der Waals surface area contributed by atoms with Crippen molar-refractivity contribution in [2.45, 2.75) is 59.6 Å². The molecule has 12 aromatic rings. The maximum absolute atomic E-state index is 13.6. The number of ether oxygens (including phenoxy) is 1. The Morgan fingerprint density at radius 1 is 0.409 bits per heavy atom. The largest absolute Gasteiger partial charge is 2.00 e. The van der Waals surface area contributed by atoms with Crippen LogP contribution in [-0.2, 0) is 58.4 Å². The summed E-state index contributed by atoms with van der Waals surface area (Å²) in [5.74, 6) is -1.09. The maximum atomic E-state index is 13.6. The van der Waals surface area contributed by atoms with Crippen LogP contribution in [0.2, 0.25) is 15.1 Å². The molecule has 16 nitrogen and oxygen atoms in total. The van der Waals surface area contributed by atoms with Gasteiger partial charge in [0.25, 0.3) is 0 Å². The number of benzene rings is 9. The molecule has 570 valence electrons. The number of halogens is 13. The van der Waals surface area contributed by atoms with E-state index in [0.29, 0.717) is 50.1 Å². The van der Waals surface area contributed by atoms with E-state index in [4.69, 9.17) is 39.5 Å². The van der Waals surface area contributed by atoms with Crippen molar-refractivity contribution in [3.05, 3.63) is 275 Å². The first-order valence-electron chi connectivity index (χ1n) is 31.4. The van der Waals surface area contributed by atoms with Crippen LogP contribution in [0.4, 0.5) is 39.5 Å². The minimum Gasteiger partial charge on any atom is -1.00 e. The Morgan fingerprint density at radius 3 is 0.991 bits per heavy atom. The fourth-order valence-corrected chi connectivity index (χ4v) is 13.9. The van der Waals surface area contributed by atoms with Crippen LogP contribution in [-0.4, -0.2) is 120 Å². The Kier molecular flexibility index (Phi) is 27.4. The van der Waals surface area contributed by atoms with Crippen molar-refractivity contribution in [2.75, 3.05) is 25.9 Å². The van der Waals surface area contributed by atoms with Gasteiger partial charge in [-0.15, -0.1) is 0 Å². The van der Waals surface area contributed by atoms with Gasteiger partial charge in [-0.25, -0.2) is 44.1 Å². The minimum absolute atomic E-state index is 0. The number of rotatable bonds is 15. The number of para-hydroxylation sites is 3. The molecule has 3 aromatic heterocycles. The van der Waals surface area contributed by atoms with Gasteiger partial charge in [-0.2, -0.15) is 54.8 Å². The first kappa shape index (κ1) is 88.1. The van der Waals surface area contributed by atoms with E-state index in [1.54, 1.807) is 123 Å². The molecule has 0 saturated carbocycles. The van der Waals surface area contributed by atoms with Crippen LogP contribution in [0.3, 0.4) is 0 Å². The summed E-state index contributed by atoms with van der Waals surface area (Å²) in [4.78, 5) is 25.5. The molecule has 9 aromatic carbocycles. The maximum Gasteiger partial charge on any atom is 2.00 e. The van der Waals surface area contributed by atoms with Gasteiger partial charge in [0.05, 0.1) is 82.2 Å². The molecule has 0 spiro atoms. The van der Waals surface area contributed by atoms with E-state index >= 15 is 0 Å². The van der Waals surface area contributed by atoms with E-state index in [-0.39, 0.29) is 129 Å². The second kappa shape index (κ2) is 34.2. The number of carbonyl (C=O) groups excluding carboxylic acids is 2. The Labute approximate surface area is 664 Å². The van der Waals surface area contributed by atoms with Gasteiger partial charge in [0.2, 0.25) is 0 Å². The molecule has 12 rings (SSSR count). The average molecular weight is 1660 g/mol. The molecule has 0 fully saturated rings. The van der Waals surface area contributed by atoms with Gasteiger partial charge in [-0.1, -0.05) is 144 Å². The monoisotopic (exact) mass is 1660 g/mol. The number of nitrogens with zero attached hydrogens (tertiary/aromatic N) is 6. The third kappa shape index (κ3) is 20.1.